The van der Waals surface area contributed by atoms with Gasteiger partial charge in [0.25, 0.3) is 0 Å². The van der Waals surface area contributed by atoms with Crippen molar-refractivity contribution >= 4 is 5.91 Å². The van der Waals surface area contributed by atoms with E-state index in [0.29, 0.717) is 5.56 Å². The molecule has 0 heterocycles. The van der Waals surface area contributed by atoms with Gasteiger partial charge in [0.2, 0.25) is 5.91 Å². The first-order valence-electron chi connectivity index (χ1n) is 5.89. The third-order valence-corrected chi connectivity index (χ3v) is 2.86. The van der Waals surface area contributed by atoms with Gasteiger partial charge in [0.05, 0.1) is 6.04 Å². The second kappa shape index (κ2) is 5.73. The molecule has 100 valence electrons. The van der Waals surface area contributed by atoms with Gasteiger partial charge in [-0.05, 0) is 31.5 Å². The van der Waals surface area contributed by atoms with E-state index < -0.39 is 0 Å². The summed E-state index contributed by atoms with van der Waals surface area (Å²) in [6.45, 7) is 5.56. The van der Waals surface area contributed by atoms with Crippen molar-refractivity contribution in [3.8, 4) is 11.5 Å². The molecule has 1 rings (SSSR count). The monoisotopic (exact) mass is 252 g/mol. The summed E-state index contributed by atoms with van der Waals surface area (Å²) in [5.41, 5.74) is 6.44. The number of carbonyl (C=O) groups excluding carboxylic acids is 1. The second-order valence-electron chi connectivity index (χ2n) is 4.52. The molecule has 1 amide bonds. The van der Waals surface area contributed by atoms with Crippen LogP contribution in [0.3, 0.4) is 0 Å². The first kappa shape index (κ1) is 14.3. The lowest BCUT2D eigenvalue weighted by Gasteiger charge is -2.34. The summed E-state index contributed by atoms with van der Waals surface area (Å²) < 4.78 is 0. The summed E-state index contributed by atoms with van der Waals surface area (Å²) in [7, 11) is 0. The van der Waals surface area contributed by atoms with Gasteiger partial charge in [0, 0.05) is 19.5 Å². The van der Waals surface area contributed by atoms with E-state index in [-0.39, 0.29) is 36.0 Å². The summed E-state index contributed by atoms with van der Waals surface area (Å²) in [5, 5.41) is 18.8. The molecule has 0 fully saturated rings. The lowest BCUT2D eigenvalue weighted by Crippen LogP contribution is -2.41. The predicted molar refractivity (Wildman–Crippen MR) is 69.2 cm³/mol. The number of phenols is 2. The Morgan fingerprint density at radius 1 is 1.33 bits per heavy atom. The van der Waals surface area contributed by atoms with Crippen LogP contribution in [-0.4, -0.2) is 33.6 Å². The molecule has 18 heavy (non-hydrogen) atoms. The smallest absolute Gasteiger partial charge is 0.220 e. The van der Waals surface area contributed by atoms with Crippen LogP contribution in [-0.2, 0) is 4.79 Å². The molecular formula is C13H20N2O3. The Bertz CT molecular complexity index is 432. The maximum atomic E-state index is 11.7. The van der Waals surface area contributed by atoms with E-state index in [1.54, 1.807) is 11.0 Å². The van der Waals surface area contributed by atoms with Gasteiger partial charge in [0.1, 0.15) is 0 Å². The van der Waals surface area contributed by atoms with Crippen molar-refractivity contribution in [3.63, 3.8) is 0 Å². The molecule has 1 atom stereocenters. The lowest BCUT2D eigenvalue weighted by molar-refractivity contribution is -0.133. The highest BCUT2D eigenvalue weighted by molar-refractivity contribution is 5.74. The van der Waals surface area contributed by atoms with E-state index in [4.69, 9.17) is 5.73 Å². The number of nitrogens with zero attached hydrogens (tertiary/aromatic N) is 1. The molecule has 0 aliphatic rings. The Kier molecular flexibility index (Phi) is 4.55. The van der Waals surface area contributed by atoms with Crippen molar-refractivity contribution in [2.45, 2.75) is 32.9 Å². The third kappa shape index (κ3) is 2.92. The minimum absolute atomic E-state index is 0.00648. The van der Waals surface area contributed by atoms with Gasteiger partial charge in [0.15, 0.2) is 11.5 Å². The zero-order valence-electron chi connectivity index (χ0n) is 10.9. The number of hydrogen-bond donors (Lipinski definition) is 3. The van der Waals surface area contributed by atoms with E-state index in [2.05, 4.69) is 0 Å². The average molecular weight is 252 g/mol. The maximum Gasteiger partial charge on any atom is 0.220 e. The number of carbonyl (C=O) groups is 1. The molecule has 0 aliphatic carbocycles. The van der Waals surface area contributed by atoms with Crippen LogP contribution in [0.4, 0.5) is 0 Å². The summed E-state index contributed by atoms with van der Waals surface area (Å²) in [4.78, 5) is 13.3. The van der Waals surface area contributed by atoms with Crippen LogP contribution in [0, 0.1) is 0 Å². The maximum absolute atomic E-state index is 11.7. The van der Waals surface area contributed by atoms with Gasteiger partial charge < -0.3 is 20.8 Å². The molecule has 1 aromatic rings. The van der Waals surface area contributed by atoms with Crippen molar-refractivity contribution in [2.24, 2.45) is 5.73 Å². The van der Waals surface area contributed by atoms with Crippen LogP contribution in [0.2, 0.25) is 0 Å². The fourth-order valence-corrected chi connectivity index (χ4v) is 2.10. The van der Waals surface area contributed by atoms with Crippen LogP contribution in [0.5, 0.6) is 11.5 Å². The number of hydrogen-bond acceptors (Lipinski definition) is 4. The van der Waals surface area contributed by atoms with Crippen LogP contribution in [0.15, 0.2) is 18.2 Å². The minimum Gasteiger partial charge on any atom is -0.504 e. The van der Waals surface area contributed by atoms with E-state index in [1.165, 1.54) is 19.1 Å². The van der Waals surface area contributed by atoms with Crippen molar-refractivity contribution in [1.82, 2.24) is 4.90 Å². The molecule has 0 bridgehead atoms. The summed E-state index contributed by atoms with van der Waals surface area (Å²) in [6.07, 6.45) is 0. The number of rotatable bonds is 4. The first-order chi connectivity index (χ1) is 8.38. The molecule has 0 saturated heterocycles. The Hall–Kier alpha value is -1.75. The molecule has 0 spiro atoms. The van der Waals surface area contributed by atoms with Crippen LogP contribution >= 0.6 is 0 Å². The highest BCUT2D eigenvalue weighted by Crippen LogP contribution is 2.30. The first-order valence-corrected chi connectivity index (χ1v) is 5.89. The summed E-state index contributed by atoms with van der Waals surface area (Å²) in [6, 6.07) is 4.18. The Morgan fingerprint density at radius 3 is 2.33 bits per heavy atom. The number of aromatic hydroxyl groups is 2. The van der Waals surface area contributed by atoms with Gasteiger partial charge in [-0.1, -0.05) is 6.07 Å². The van der Waals surface area contributed by atoms with Gasteiger partial charge in [-0.15, -0.1) is 0 Å². The minimum atomic E-state index is -0.311. The predicted octanol–water partition coefficient (Wildman–Crippen LogP) is 1.35. The highest BCUT2D eigenvalue weighted by Gasteiger charge is 2.24. The number of phenolic OH excluding ortho intramolecular Hbond substituents is 2. The lowest BCUT2D eigenvalue weighted by atomic mass is 10.0. The van der Waals surface area contributed by atoms with Gasteiger partial charge in [-0.25, -0.2) is 0 Å². The summed E-state index contributed by atoms with van der Waals surface area (Å²) in [5.74, 6) is -0.473. The third-order valence-electron chi connectivity index (χ3n) is 2.86. The second-order valence-corrected chi connectivity index (χ2v) is 4.52. The fraction of sp³-hybridized carbons (Fsp3) is 0.462. The highest BCUT2D eigenvalue weighted by atomic mass is 16.3. The molecule has 0 aliphatic heterocycles. The number of nitrogens with two attached hydrogens (primary N) is 1. The van der Waals surface area contributed by atoms with Crippen molar-refractivity contribution < 1.29 is 15.0 Å². The van der Waals surface area contributed by atoms with Crippen molar-refractivity contribution in [3.05, 3.63) is 23.8 Å². The summed E-state index contributed by atoms with van der Waals surface area (Å²) >= 11 is 0. The Labute approximate surface area is 107 Å². The van der Waals surface area contributed by atoms with E-state index in [0.717, 1.165) is 0 Å². The van der Waals surface area contributed by atoms with Gasteiger partial charge >= 0.3 is 0 Å². The molecule has 5 nitrogen and oxygen atoms in total. The molecule has 0 radical (unpaired) electrons. The number of amides is 1. The quantitative estimate of drug-likeness (QED) is 0.706. The Balaban J connectivity index is 3.14. The van der Waals surface area contributed by atoms with Gasteiger partial charge in [-0.3, -0.25) is 4.79 Å². The molecule has 0 aromatic heterocycles. The molecule has 4 N–H and O–H groups in total. The van der Waals surface area contributed by atoms with Gasteiger partial charge in [-0.2, -0.15) is 0 Å². The fourth-order valence-electron chi connectivity index (χ4n) is 2.10. The van der Waals surface area contributed by atoms with E-state index in [1.807, 2.05) is 13.8 Å². The molecule has 1 unspecified atom stereocenters. The molecule has 1 aromatic carbocycles. The molecule has 5 heteroatoms. The van der Waals surface area contributed by atoms with E-state index >= 15 is 0 Å². The standard InChI is InChI=1S/C13H20N2O3/c1-8(2)15(9(3)16)11(7-14)10-4-5-12(17)13(18)6-10/h4-6,8,11,17-18H,7,14H2,1-3H3. The van der Waals surface area contributed by atoms with Crippen molar-refractivity contribution in [2.75, 3.05) is 6.54 Å². The topological polar surface area (TPSA) is 86.8 Å². The SMILES string of the molecule is CC(=O)N(C(C)C)C(CN)c1ccc(O)c(O)c1. The largest absolute Gasteiger partial charge is 0.504 e. The normalized spacial score (nSPS) is 12.5. The Morgan fingerprint density at radius 2 is 1.94 bits per heavy atom. The average Bonchev–Trinajstić information content (AvgIpc) is 2.28. The zero-order chi connectivity index (χ0) is 13.9. The van der Waals surface area contributed by atoms with Crippen LogP contribution in [0.1, 0.15) is 32.4 Å². The molecule has 0 saturated carbocycles. The van der Waals surface area contributed by atoms with E-state index in [9.17, 15) is 15.0 Å². The van der Waals surface area contributed by atoms with Crippen LogP contribution < -0.4 is 5.73 Å². The zero-order valence-corrected chi connectivity index (χ0v) is 10.9. The van der Waals surface area contributed by atoms with Crippen LogP contribution in [0.25, 0.3) is 0 Å². The number of benzene rings is 1. The van der Waals surface area contributed by atoms with Crippen molar-refractivity contribution in [1.29, 1.82) is 0 Å². The molecular weight excluding hydrogens is 232 g/mol.